The lowest BCUT2D eigenvalue weighted by molar-refractivity contribution is 0.0941. The number of aryl methyl sites for hydroxylation is 3. The molecule has 6 nitrogen and oxygen atoms in total. The molecule has 0 atom stereocenters. The highest BCUT2D eigenvalue weighted by Gasteiger charge is 2.23. The van der Waals surface area contributed by atoms with Crippen molar-refractivity contribution in [3.05, 3.63) is 32.2 Å². The number of hydrogen-bond donors (Lipinski definition) is 1. The largest absolute Gasteiger partial charge is 0.349 e. The zero-order valence-electron chi connectivity index (χ0n) is 14.5. The van der Waals surface area contributed by atoms with Gasteiger partial charge in [-0.2, -0.15) is 5.10 Å². The van der Waals surface area contributed by atoms with Gasteiger partial charge in [0.1, 0.15) is 9.88 Å². The molecule has 1 aliphatic rings. The normalized spacial score (nSPS) is 15.0. The van der Waals surface area contributed by atoms with Gasteiger partial charge in [-0.05, 0) is 39.2 Å². The summed E-state index contributed by atoms with van der Waals surface area (Å²) in [4.78, 5) is 30.1. The van der Waals surface area contributed by atoms with Gasteiger partial charge in [-0.3, -0.25) is 9.59 Å². The number of hydrogen-bond acceptors (Lipinski definition) is 5. The number of rotatable bonds is 3. The third kappa shape index (κ3) is 3.00. The minimum absolute atomic E-state index is 0.0802. The quantitative estimate of drug-likeness (QED) is 0.926. The molecule has 0 aliphatic heterocycles. The van der Waals surface area contributed by atoms with Crippen molar-refractivity contribution in [2.45, 2.75) is 52.5 Å². The first-order valence-corrected chi connectivity index (χ1v) is 9.03. The van der Waals surface area contributed by atoms with Gasteiger partial charge in [-0.1, -0.05) is 12.8 Å². The first-order chi connectivity index (χ1) is 11.4. The molecule has 7 heteroatoms. The van der Waals surface area contributed by atoms with Crippen molar-refractivity contribution in [2.24, 2.45) is 7.05 Å². The van der Waals surface area contributed by atoms with Crippen molar-refractivity contribution in [3.8, 4) is 10.6 Å². The maximum Gasteiger partial charge on any atom is 0.277 e. The Hall–Kier alpha value is -2.02. The van der Waals surface area contributed by atoms with Crippen LogP contribution in [0.25, 0.3) is 10.6 Å². The number of aromatic nitrogens is 3. The smallest absolute Gasteiger partial charge is 0.277 e. The molecule has 1 N–H and O–H groups in total. The second-order valence-electron chi connectivity index (χ2n) is 6.40. The zero-order chi connectivity index (χ0) is 17.4. The Kier molecular flexibility index (Phi) is 4.54. The maximum absolute atomic E-state index is 12.5. The molecule has 0 unspecified atom stereocenters. The van der Waals surface area contributed by atoms with Gasteiger partial charge in [0.2, 0.25) is 0 Å². The number of carbonyl (C=O) groups excluding carboxylic acids is 1. The summed E-state index contributed by atoms with van der Waals surface area (Å²) >= 11 is 1.29. The highest BCUT2D eigenvalue weighted by Crippen LogP contribution is 2.29. The Balaban J connectivity index is 1.98. The van der Waals surface area contributed by atoms with Crippen LogP contribution in [-0.2, 0) is 7.05 Å². The van der Waals surface area contributed by atoms with Crippen LogP contribution in [0, 0.1) is 20.8 Å². The predicted molar refractivity (Wildman–Crippen MR) is 94.5 cm³/mol. The number of amides is 1. The molecule has 3 rings (SSSR count). The number of thiazole rings is 1. The van der Waals surface area contributed by atoms with Crippen molar-refractivity contribution in [1.82, 2.24) is 20.1 Å². The Labute approximate surface area is 144 Å². The van der Waals surface area contributed by atoms with Gasteiger partial charge in [0.15, 0.2) is 0 Å². The van der Waals surface area contributed by atoms with E-state index in [1.165, 1.54) is 28.9 Å². The highest BCUT2D eigenvalue weighted by atomic mass is 32.1. The molecule has 1 fully saturated rings. The van der Waals surface area contributed by atoms with E-state index in [-0.39, 0.29) is 17.5 Å². The summed E-state index contributed by atoms with van der Waals surface area (Å²) in [7, 11) is 1.63. The Morgan fingerprint density at radius 3 is 2.54 bits per heavy atom. The van der Waals surface area contributed by atoms with Crippen molar-refractivity contribution in [2.75, 3.05) is 0 Å². The second kappa shape index (κ2) is 6.47. The van der Waals surface area contributed by atoms with Crippen molar-refractivity contribution < 1.29 is 4.79 Å². The summed E-state index contributed by atoms with van der Waals surface area (Å²) in [5, 5.41) is 7.87. The molecule has 24 heavy (non-hydrogen) atoms. The van der Waals surface area contributed by atoms with E-state index < -0.39 is 0 Å². The van der Waals surface area contributed by atoms with Crippen LogP contribution in [0.2, 0.25) is 0 Å². The summed E-state index contributed by atoms with van der Waals surface area (Å²) < 4.78 is 1.33. The van der Waals surface area contributed by atoms with E-state index >= 15 is 0 Å². The summed E-state index contributed by atoms with van der Waals surface area (Å²) in [6.45, 7) is 5.55. The molecule has 0 radical (unpaired) electrons. The molecule has 128 valence electrons. The van der Waals surface area contributed by atoms with Crippen LogP contribution in [0.4, 0.5) is 0 Å². The third-order valence-corrected chi connectivity index (χ3v) is 5.81. The van der Waals surface area contributed by atoms with Gasteiger partial charge in [0.25, 0.3) is 11.5 Å². The molecule has 2 aromatic heterocycles. The fourth-order valence-corrected chi connectivity index (χ4v) is 4.20. The molecular formula is C17H22N4O2S. The van der Waals surface area contributed by atoms with Gasteiger partial charge in [0.05, 0.1) is 17.0 Å². The zero-order valence-corrected chi connectivity index (χ0v) is 15.3. The van der Waals surface area contributed by atoms with E-state index in [2.05, 4.69) is 15.4 Å². The molecule has 0 aromatic carbocycles. The van der Waals surface area contributed by atoms with Crippen LogP contribution in [0.1, 0.15) is 52.3 Å². The fraction of sp³-hybridized carbons (Fsp3) is 0.529. The van der Waals surface area contributed by atoms with Gasteiger partial charge in [-0.15, -0.1) is 11.3 Å². The van der Waals surface area contributed by atoms with E-state index in [0.29, 0.717) is 21.1 Å². The molecule has 0 saturated heterocycles. The van der Waals surface area contributed by atoms with Crippen LogP contribution in [-0.4, -0.2) is 26.7 Å². The third-order valence-electron chi connectivity index (χ3n) is 4.63. The van der Waals surface area contributed by atoms with Gasteiger partial charge < -0.3 is 5.32 Å². The van der Waals surface area contributed by atoms with Crippen molar-refractivity contribution in [1.29, 1.82) is 0 Å². The fourth-order valence-electron chi connectivity index (χ4n) is 3.14. The molecular weight excluding hydrogens is 324 g/mol. The Morgan fingerprint density at radius 1 is 1.21 bits per heavy atom. The SMILES string of the molecule is Cc1nc(-c2c(C)c(C)nn(C)c2=O)sc1C(=O)NC1CCCC1. The average molecular weight is 346 g/mol. The topological polar surface area (TPSA) is 76.9 Å². The predicted octanol–water partition coefficient (Wildman–Crippen LogP) is 2.50. The number of nitrogens with zero attached hydrogens (tertiary/aromatic N) is 3. The Morgan fingerprint density at radius 2 is 1.88 bits per heavy atom. The molecule has 0 spiro atoms. The van der Waals surface area contributed by atoms with Crippen molar-refractivity contribution in [3.63, 3.8) is 0 Å². The van der Waals surface area contributed by atoms with E-state index in [0.717, 1.165) is 24.1 Å². The lowest BCUT2D eigenvalue weighted by Crippen LogP contribution is -2.32. The van der Waals surface area contributed by atoms with Crippen LogP contribution in [0.15, 0.2) is 4.79 Å². The monoisotopic (exact) mass is 346 g/mol. The van der Waals surface area contributed by atoms with Gasteiger partial charge in [-0.25, -0.2) is 9.67 Å². The minimum atomic E-state index is -0.186. The van der Waals surface area contributed by atoms with E-state index in [9.17, 15) is 9.59 Å². The molecule has 2 aromatic rings. The maximum atomic E-state index is 12.5. The van der Waals surface area contributed by atoms with Gasteiger partial charge >= 0.3 is 0 Å². The van der Waals surface area contributed by atoms with Crippen LogP contribution in [0.5, 0.6) is 0 Å². The summed E-state index contributed by atoms with van der Waals surface area (Å²) in [6.07, 6.45) is 4.42. The summed E-state index contributed by atoms with van der Waals surface area (Å²) in [6, 6.07) is 0.264. The van der Waals surface area contributed by atoms with E-state index in [4.69, 9.17) is 0 Å². The van der Waals surface area contributed by atoms with Crippen LogP contribution in [0.3, 0.4) is 0 Å². The summed E-state index contributed by atoms with van der Waals surface area (Å²) in [5.74, 6) is -0.0802. The van der Waals surface area contributed by atoms with Crippen LogP contribution < -0.4 is 10.9 Å². The molecule has 1 saturated carbocycles. The van der Waals surface area contributed by atoms with E-state index in [1.54, 1.807) is 7.05 Å². The Bertz CT molecular complexity index is 847. The van der Waals surface area contributed by atoms with E-state index in [1.807, 2.05) is 20.8 Å². The average Bonchev–Trinajstić information content (AvgIpc) is 3.15. The molecule has 2 heterocycles. The second-order valence-corrected chi connectivity index (χ2v) is 7.40. The molecule has 1 aliphatic carbocycles. The lowest BCUT2D eigenvalue weighted by atomic mass is 10.1. The lowest BCUT2D eigenvalue weighted by Gasteiger charge is -2.10. The first-order valence-electron chi connectivity index (χ1n) is 8.21. The van der Waals surface area contributed by atoms with Gasteiger partial charge in [0, 0.05) is 13.1 Å². The molecule has 0 bridgehead atoms. The number of carbonyl (C=O) groups is 1. The van der Waals surface area contributed by atoms with Crippen molar-refractivity contribution >= 4 is 17.2 Å². The summed E-state index contributed by atoms with van der Waals surface area (Å²) in [5.41, 5.74) is 2.63. The standard InChI is InChI=1S/C17H22N4O2S/c1-9-10(2)20-21(4)17(23)13(9)16-18-11(3)14(24-16)15(22)19-12-7-5-6-8-12/h12H,5-8H2,1-4H3,(H,19,22). The minimum Gasteiger partial charge on any atom is -0.349 e. The molecule has 1 amide bonds. The first kappa shape index (κ1) is 16.8. The van der Waals surface area contributed by atoms with Crippen LogP contribution >= 0.6 is 11.3 Å². The highest BCUT2D eigenvalue weighted by molar-refractivity contribution is 7.17. The number of nitrogens with one attached hydrogen (secondary N) is 1.